The summed E-state index contributed by atoms with van der Waals surface area (Å²) in [5.74, 6) is 0.950. The van der Waals surface area contributed by atoms with Crippen molar-refractivity contribution in [1.82, 2.24) is 9.97 Å². The van der Waals surface area contributed by atoms with Gasteiger partial charge in [0, 0.05) is 12.2 Å². The molecule has 4 nitrogen and oxygen atoms in total. The number of benzene rings is 1. The first-order valence-electron chi connectivity index (χ1n) is 5.97. The quantitative estimate of drug-likeness (QED) is 0.874. The van der Waals surface area contributed by atoms with Gasteiger partial charge in [-0.1, -0.05) is 6.92 Å². The number of rotatable bonds is 5. The molecule has 0 spiro atoms. The van der Waals surface area contributed by atoms with Gasteiger partial charge in [0.25, 0.3) is 0 Å². The number of nitrogens with one attached hydrogen (secondary N) is 2. The van der Waals surface area contributed by atoms with Gasteiger partial charge >= 0.3 is 0 Å². The average Bonchev–Trinajstić information content (AvgIpc) is 2.41. The Bertz CT molecular complexity index is 562. The predicted molar refractivity (Wildman–Crippen MR) is 78.2 cm³/mol. The molecule has 19 heavy (non-hydrogen) atoms. The summed E-state index contributed by atoms with van der Waals surface area (Å²) < 4.78 is 13.8. The zero-order valence-electron chi connectivity index (χ0n) is 10.5. The lowest BCUT2D eigenvalue weighted by molar-refractivity contribution is 0.622. The van der Waals surface area contributed by atoms with Crippen molar-refractivity contribution in [3.05, 3.63) is 40.9 Å². The second-order valence-corrected chi connectivity index (χ2v) is 4.82. The van der Waals surface area contributed by atoms with Gasteiger partial charge in [0.2, 0.25) is 0 Å². The molecule has 1 aromatic heterocycles. The van der Waals surface area contributed by atoms with E-state index in [0.29, 0.717) is 21.8 Å². The van der Waals surface area contributed by atoms with E-state index in [0.717, 1.165) is 13.0 Å². The smallest absolute Gasteiger partial charge is 0.151 e. The van der Waals surface area contributed by atoms with Crippen LogP contribution in [0.15, 0.2) is 35.1 Å². The predicted octanol–water partition coefficient (Wildman–Crippen LogP) is 3.94. The van der Waals surface area contributed by atoms with Gasteiger partial charge in [0.15, 0.2) is 5.82 Å². The molecular weight excluding hydrogens is 311 g/mol. The summed E-state index contributed by atoms with van der Waals surface area (Å²) in [6.45, 7) is 2.91. The molecule has 0 unspecified atom stereocenters. The Hall–Kier alpha value is -1.69. The van der Waals surface area contributed by atoms with E-state index in [9.17, 15) is 4.39 Å². The maximum absolute atomic E-state index is 13.4. The number of hydrogen-bond acceptors (Lipinski definition) is 4. The molecule has 0 bridgehead atoms. The molecule has 0 aliphatic carbocycles. The number of anilines is 3. The van der Waals surface area contributed by atoms with E-state index in [1.165, 1.54) is 6.07 Å². The summed E-state index contributed by atoms with van der Waals surface area (Å²) in [5, 5.41) is 6.16. The highest BCUT2D eigenvalue weighted by Gasteiger charge is 2.03. The van der Waals surface area contributed by atoms with Crippen LogP contribution in [0.2, 0.25) is 0 Å². The minimum atomic E-state index is -0.321. The van der Waals surface area contributed by atoms with Crippen LogP contribution in [-0.4, -0.2) is 16.5 Å². The van der Waals surface area contributed by atoms with E-state index in [1.54, 1.807) is 24.5 Å². The van der Waals surface area contributed by atoms with Crippen LogP contribution in [0.1, 0.15) is 13.3 Å². The summed E-state index contributed by atoms with van der Waals surface area (Å²) in [6.07, 6.45) is 4.26. The van der Waals surface area contributed by atoms with Crippen molar-refractivity contribution in [2.24, 2.45) is 0 Å². The summed E-state index contributed by atoms with van der Waals surface area (Å²) in [7, 11) is 0. The zero-order chi connectivity index (χ0) is 13.7. The second-order valence-electron chi connectivity index (χ2n) is 3.97. The second kappa shape index (κ2) is 6.47. The van der Waals surface area contributed by atoms with Gasteiger partial charge in [0.05, 0.1) is 16.9 Å². The van der Waals surface area contributed by atoms with Crippen LogP contribution in [-0.2, 0) is 0 Å². The summed E-state index contributed by atoms with van der Waals surface area (Å²) >= 11 is 3.11. The normalized spacial score (nSPS) is 10.3. The fraction of sp³-hybridized carbons (Fsp3) is 0.231. The van der Waals surface area contributed by atoms with E-state index in [2.05, 4.69) is 43.5 Å². The third-order valence-corrected chi connectivity index (χ3v) is 3.03. The molecule has 2 rings (SSSR count). The highest BCUT2D eigenvalue weighted by atomic mass is 79.9. The number of nitrogens with zero attached hydrogens (tertiary/aromatic N) is 2. The van der Waals surface area contributed by atoms with Gasteiger partial charge in [-0.25, -0.2) is 9.37 Å². The van der Waals surface area contributed by atoms with Crippen molar-refractivity contribution in [3.8, 4) is 0 Å². The topological polar surface area (TPSA) is 49.8 Å². The van der Waals surface area contributed by atoms with Crippen molar-refractivity contribution >= 4 is 33.3 Å². The van der Waals surface area contributed by atoms with Crippen LogP contribution in [0.3, 0.4) is 0 Å². The molecule has 0 radical (unpaired) electrons. The molecule has 0 saturated heterocycles. The molecule has 0 amide bonds. The van der Waals surface area contributed by atoms with Gasteiger partial charge in [-0.2, -0.15) is 0 Å². The highest BCUT2D eigenvalue weighted by molar-refractivity contribution is 9.10. The molecule has 2 aromatic rings. The lowest BCUT2D eigenvalue weighted by atomic mass is 10.3. The monoisotopic (exact) mass is 324 g/mol. The van der Waals surface area contributed by atoms with Crippen LogP contribution in [0.5, 0.6) is 0 Å². The molecule has 2 N–H and O–H groups in total. The minimum absolute atomic E-state index is 0.321. The van der Waals surface area contributed by atoms with Gasteiger partial charge in [0.1, 0.15) is 11.6 Å². The standard InChI is InChI=1S/C13H14BrFN4/c1-2-5-17-12-7-16-8-13(19-12)18-9-3-4-10(14)11(15)6-9/h3-4,6-8H,2,5H2,1H3,(H2,17,18,19). The lowest BCUT2D eigenvalue weighted by Gasteiger charge is -2.08. The van der Waals surface area contributed by atoms with E-state index < -0.39 is 0 Å². The molecule has 6 heteroatoms. The maximum Gasteiger partial charge on any atom is 0.151 e. The zero-order valence-corrected chi connectivity index (χ0v) is 12.0. The molecule has 100 valence electrons. The molecule has 0 aliphatic rings. The Balaban J connectivity index is 2.11. The summed E-state index contributed by atoms with van der Waals surface area (Å²) in [6, 6.07) is 4.81. The Morgan fingerprint density at radius 3 is 2.79 bits per heavy atom. The van der Waals surface area contributed by atoms with Crippen LogP contribution in [0, 0.1) is 5.82 Å². The minimum Gasteiger partial charge on any atom is -0.369 e. The fourth-order valence-electron chi connectivity index (χ4n) is 1.49. The number of aromatic nitrogens is 2. The van der Waals surface area contributed by atoms with Crippen LogP contribution >= 0.6 is 15.9 Å². The Morgan fingerprint density at radius 1 is 1.26 bits per heavy atom. The van der Waals surface area contributed by atoms with Crippen LogP contribution in [0.25, 0.3) is 0 Å². The summed E-state index contributed by atoms with van der Waals surface area (Å²) in [4.78, 5) is 8.42. The average molecular weight is 325 g/mol. The first kappa shape index (κ1) is 13.7. The van der Waals surface area contributed by atoms with Crippen molar-refractivity contribution < 1.29 is 4.39 Å². The van der Waals surface area contributed by atoms with Crippen molar-refractivity contribution in [1.29, 1.82) is 0 Å². The van der Waals surface area contributed by atoms with Crippen molar-refractivity contribution in [2.75, 3.05) is 17.2 Å². The van der Waals surface area contributed by atoms with Crippen LogP contribution in [0.4, 0.5) is 21.7 Å². The Morgan fingerprint density at radius 2 is 2.05 bits per heavy atom. The van der Waals surface area contributed by atoms with E-state index in [-0.39, 0.29) is 5.82 Å². The first-order chi connectivity index (χ1) is 9.19. The molecule has 0 saturated carbocycles. The highest BCUT2D eigenvalue weighted by Crippen LogP contribution is 2.21. The third kappa shape index (κ3) is 3.89. The van der Waals surface area contributed by atoms with Crippen molar-refractivity contribution in [2.45, 2.75) is 13.3 Å². The lowest BCUT2D eigenvalue weighted by Crippen LogP contribution is -2.04. The molecule has 0 aliphatic heterocycles. The van der Waals surface area contributed by atoms with Crippen LogP contribution < -0.4 is 10.6 Å². The number of hydrogen-bond donors (Lipinski definition) is 2. The van der Waals surface area contributed by atoms with Crippen molar-refractivity contribution in [3.63, 3.8) is 0 Å². The maximum atomic E-state index is 13.4. The van der Waals surface area contributed by atoms with Gasteiger partial charge in [-0.05, 0) is 40.5 Å². The SMILES string of the molecule is CCCNc1cncc(Nc2ccc(Br)c(F)c2)n1. The molecule has 1 heterocycles. The van der Waals surface area contributed by atoms with E-state index >= 15 is 0 Å². The first-order valence-corrected chi connectivity index (χ1v) is 6.76. The van der Waals surface area contributed by atoms with E-state index in [1.807, 2.05) is 0 Å². The van der Waals surface area contributed by atoms with E-state index in [4.69, 9.17) is 0 Å². The van der Waals surface area contributed by atoms with Gasteiger partial charge < -0.3 is 10.6 Å². The third-order valence-electron chi connectivity index (χ3n) is 2.38. The molecule has 0 fully saturated rings. The van der Waals surface area contributed by atoms with Gasteiger partial charge in [-0.15, -0.1) is 0 Å². The number of halogens is 2. The molecule has 0 atom stereocenters. The Labute approximate surface area is 119 Å². The molecular formula is C13H14BrFN4. The summed E-state index contributed by atoms with van der Waals surface area (Å²) in [5.41, 5.74) is 0.627. The fourth-order valence-corrected chi connectivity index (χ4v) is 1.73. The molecule has 1 aromatic carbocycles. The van der Waals surface area contributed by atoms with Gasteiger partial charge in [-0.3, -0.25) is 4.98 Å². The largest absolute Gasteiger partial charge is 0.369 e. The Kier molecular flexibility index (Phi) is 4.68.